The van der Waals surface area contributed by atoms with Crippen LogP contribution in [0, 0.1) is 11.3 Å². The van der Waals surface area contributed by atoms with E-state index in [0.29, 0.717) is 22.9 Å². The molecule has 1 aromatic carbocycles. The van der Waals surface area contributed by atoms with Gasteiger partial charge in [-0.2, -0.15) is 5.26 Å². The Morgan fingerprint density at radius 2 is 2.06 bits per heavy atom. The van der Waals surface area contributed by atoms with Gasteiger partial charge in [0.15, 0.2) is 0 Å². The molecule has 0 N–H and O–H groups in total. The van der Waals surface area contributed by atoms with Crippen LogP contribution in [-0.2, 0) is 16.6 Å². The van der Waals surface area contributed by atoms with Gasteiger partial charge in [-0.1, -0.05) is 29.8 Å². The summed E-state index contributed by atoms with van der Waals surface area (Å²) in [6.45, 7) is 0. The molecule has 0 spiro atoms. The zero-order valence-electron chi connectivity index (χ0n) is 8.99. The van der Waals surface area contributed by atoms with Gasteiger partial charge in [-0.15, -0.1) is 0 Å². The molecule has 0 radical (unpaired) electrons. The maximum Gasteiger partial charge on any atom is 0.0621 e. The molecule has 0 fully saturated rings. The quantitative estimate of drug-likeness (QED) is 0.732. The third-order valence-electron chi connectivity index (χ3n) is 2.18. The Morgan fingerprint density at radius 3 is 2.75 bits per heavy atom. The minimum atomic E-state index is -0.879. The van der Waals surface area contributed by atoms with Crippen molar-refractivity contribution < 1.29 is 4.21 Å². The summed E-state index contributed by atoms with van der Waals surface area (Å²) < 4.78 is 11.7. The summed E-state index contributed by atoms with van der Waals surface area (Å²) >= 11 is 5.97. The van der Waals surface area contributed by atoms with Crippen molar-refractivity contribution in [1.82, 2.24) is 0 Å². The lowest BCUT2D eigenvalue weighted by atomic mass is 10.2. The lowest BCUT2D eigenvalue weighted by molar-refractivity contribution is 0.677. The lowest BCUT2D eigenvalue weighted by Crippen LogP contribution is -2.01. The van der Waals surface area contributed by atoms with Gasteiger partial charge in [-0.3, -0.25) is 4.21 Å². The summed E-state index contributed by atoms with van der Waals surface area (Å²) in [5, 5.41) is 9.03. The third-order valence-corrected chi connectivity index (χ3v) is 3.93. The first-order chi connectivity index (χ1) is 7.74. The number of nitrogens with zero attached hydrogens (tertiary/aromatic N) is 1. The third kappa shape index (κ3) is 4.78. The van der Waals surface area contributed by atoms with E-state index >= 15 is 0 Å². The molecule has 0 aromatic heterocycles. The molecule has 2 nitrogen and oxygen atoms in total. The maximum atomic E-state index is 11.7. The lowest BCUT2D eigenvalue weighted by Gasteiger charge is -2.03. The fourth-order valence-electron chi connectivity index (χ4n) is 1.33. The summed E-state index contributed by atoms with van der Waals surface area (Å²) in [5.41, 5.74) is 0.933. The molecule has 0 heterocycles. The van der Waals surface area contributed by atoms with E-state index in [1.807, 2.05) is 24.3 Å². The first-order valence-electron chi connectivity index (χ1n) is 5.19. The van der Waals surface area contributed by atoms with E-state index in [1.165, 1.54) is 0 Å². The minimum absolute atomic E-state index is 0.506. The predicted octanol–water partition coefficient (Wildman–Crippen LogP) is 3.28. The van der Waals surface area contributed by atoms with Crippen LogP contribution in [0.15, 0.2) is 24.3 Å². The molecule has 4 heteroatoms. The van der Waals surface area contributed by atoms with Crippen molar-refractivity contribution in [2.45, 2.75) is 25.0 Å². The number of hydrogen-bond acceptors (Lipinski definition) is 2. The van der Waals surface area contributed by atoms with Crippen LogP contribution in [0.3, 0.4) is 0 Å². The van der Waals surface area contributed by atoms with Crippen molar-refractivity contribution in [2.24, 2.45) is 0 Å². The summed E-state index contributed by atoms with van der Waals surface area (Å²) in [6, 6.07) is 9.55. The fraction of sp³-hybridized carbons (Fsp3) is 0.417. The Morgan fingerprint density at radius 1 is 1.31 bits per heavy atom. The van der Waals surface area contributed by atoms with Gasteiger partial charge in [0.05, 0.1) is 6.07 Å². The highest BCUT2D eigenvalue weighted by atomic mass is 35.5. The van der Waals surface area contributed by atoms with Crippen molar-refractivity contribution in [3.05, 3.63) is 34.9 Å². The SMILES string of the molecule is N#CCCCCS(=O)Cc1ccccc1Cl. The zero-order chi connectivity index (χ0) is 11.8. The van der Waals surface area contributed by atoms with Gasteiger partial charge in [0, 0.05) is 33.7 Å². The fourth-order valence-corrected chi connectivity index (χ4v) is 2.88. The largest absolute Gasteiger partial charge is 0.259 e. The summed E-state index contributed by atoms with van der Waals surface area (Å²) in [4.78, 5) is 0. The summed E-state index contributed by atoms with van der Waals surface area (Å²) in [7, 11) is -0.879. The van der Waals surface area contributed by atoms with Crippen LogP contribution in [0.1, 0.15) is 24.8 Å². The zero-order valence-corrected chi connectivity index (χ0v) is 10.6. The second kappa shape index (κ2) is 7.43. The van der Waals surface area contributed by atoms with E-state index < -0.39 is 10.8 Å². The van der Waals surface area contributed by atoms with Crippen molar-refractivity contribution in [2.75, 3.05) is 5.75 Å². The molecule has 1 atom stereocenters. The predicted molar refractivity (Wildman–Crippen MR) is 67.6 cm³/mol. The van der Waals surface area contributed by atoms with Crippen LogP contribution in [0.25, 0.3) is 0 Å². The van der Waals surface area contributed by atoms with Crippen molar-refractivity contribution in [3.8, 4) is 6.07 Å². The molecule has 0 bridgehead atoms. The van der Waals surface area contributed by atoms with Gasteiger partial charge in [0.1, 0.15) is 0 Å². The van der Waals surface area contributed by atoms with Gasteiger partial charge < -0.3 is 0 Å². The minimum Gasteiger partial charge on any atom is -0.259 e. The molecule has 0 saturated heterocycles. The standard InChI is InChI=1S/C12H14ClNOS/c13-12-7-3-2-6-11(12)10-16(15)9-5-1-4-8-14/h2-3,6-7H,1,4-5,9-10H2. The van der Waals surface area contributed by atoms with Crippen LogP contribution < -0.4 is 0 Å². The molecule has 1 unspecified atom stereocenters. The van der Waals surface area contributed by atoms with E-state index in [2.05, 4.69) is 6.07 Å². The molecule has 0 aliphatic carbocycles. The average Bonchev–Trinajstić information content (AvgIpc) is 2.28. The number of nitriles is 1. The number of halogens is 1. The second-order valence-electron chi connectivity index (χ2n) is 3.49. The number of unbranched alkanes of at least 4 members (excludes halogenated alkanes) is 2. The van der Waals surface area contributed by atoms with Crippen molar-refractivity contribution in [1.29, 1.82) is 5.26 Å². The maximum absolute atomic E-state index is 11.7. The average molecular weight is 256 g/mol. The first-order valence-corrected chi connectivity index (χ1v) is 7.06. The van der Waals surface area contributed by atoms with E-state index in [4.69, 9.17) is 16.9 Å². The first kappa shape index (κ1) is 13.2. The molecular weight excluding hydrogens is 242 g/mol. The molecule has 0 aliphatic heterocycles. The monoisotopic (exact) mass is 255 g/mol. The van der Waals surface area contributed by atoms with Gasteiger partial charge in [0.2, 0.25) is 0 Å². The molecule has 0 aliphatic rings. The van der Waals surface area contributed by atoms with Crippen LogP contribution >= 0.6 is 11.6 Å². The topological polar surface area (TPSA) is 40.9 Å². The van der Waals surface area contributed by atoms with Crippen molar-refractivity contribution >= 4 is 22.4 Å². The van der Waals surface area contributed by atoms with Crippen LogP contribution in [0.2, 0.25) is 5.02 Å². The van der Waals surface area contributed by atoms with E-state index in [-0.39, 0.29) is 0 Å². The van der Waals surface area contributed by atoms with Gasteiger partial charge in [-0.05, 0) is 24.5 Å². The van der Waals surface area contributed by atoms with E-state index in [9.17, 15) is 4.21 Å². The second-order valence-corrected chi connectivity index (χ2v) is 5.48. The van der Waals surface area contributed by atoms with E-state index in [0.717, 1.165) is 18.4 Å². The Balaban J connectivity index is 2.35. The van der Waals surface area contributed by atoms with Gasteiger partial charge >= 0.3 is 0 Å². The Kier molecular flexibility index (Phi) is 6.14. The smallest absolute Gasteiger partial charge is 0.0621 e. The van der Waals surface area contributed by atoms with Gasteiger partial charge in [-0.25, -0.2) is 0 Å². The summed E-state index contributed by atoms with van der Waals surface area (Å²) in [5.74, 6) is 1.15. The van der Waals surface area contributed by atoms with Crippen LogP contribution in [0.5, 0.6) is 0 Å². The van der Waals surface area contributed by atoms with Gasteiger partial charge in [0.25, 0.3) is 0 Å². The van der Waals surface area contributed by atoms with Crippen LogP contribution in [-0.4, -0.2) is 9.96 Å². The number of rotatable bonds is 6. The van der Waals surface area contributed by atoms with Crippen LogP contribution in [0.4, 0.5) is 0 Å². The Hall–Kier alpha value is -0.850. The van der Waals surface area contributed by atoms with Crippen molar-refractivity contribution in [3.63, 3.8) is 0 Å². The molecule has 16 heavy (non-hydrogen) atoms. The number of hydrogen-bond donors (Lipinski definition) is 0. The number of benzene rings is 1. The molecular formula is C12H14ClNOS. The Labute approximate surface area is 104 Å². The highest BCUT2D eigenvalue weighted by molar-refractivity contribution is 7.84. The highest BCUT2D eigenvalue weighted by Gasteiger charge is 2.04. The summed E-state index contributed by atoms with van der Waals surface area (Å²) in [6.07, 6.45) is 2.21. The molecule has 1 rings (SSSR count). The molecule has 86 valence electrons. The Bertz CT molecular complexity index is 400. The normalized spacial score (nSPS) is 12.0. The molecule has 0 saturated carbocycles. The van der Waals surface area contributed by atoms with E-state index in [1.54, 1.807) is 0 Å². The molecule has 0 amide bonds. The molecule has 1 aromatic rings. The highest BCUT2D eigenvalue weighted by Crippen LogP contribution is 2.17.